The molecule has 0 aliphatic carbocycles. The van der Waals surface area contributed by atoms with Gasteiger partial charge in [0.2, 0.25) is 0 Å². The van der Waals surface area contributed by atoms with Gasteiger partial charge in [0.1, 0.15) is 5.69 Å². The largest absolute Gasteiger partial charge is 0.413 e. The van der Waals surface area contributed by atoms with E-state index in [9.17, 15) is 4.79 Å². The van der Waals surface area contributed by atoms with Crippen molar-refractivity contribution in [3.63, 3.8) is 0 Å². The molecule has 0 saturated carbocycles. The van der Waals surface area contributed by atoms with Crippen LogP contribution in [0.2, 0.25) is 18.1 Å². The van der Waals surface area contributed by atoms with Crippen LogP contribution < -0.4 is 4.90 Å². The van der Waals surface area contributed by atoms with Crippen molar-refractivity contribution in [1.29, 1.82) is 0 Å². The van der Waals surface area contributed by atoms with E-state index in [4.69, 9.17) is 14.1 Å². The van der Waals surface area contributed by atoms with Crippen molar-refractivity contribution >= 4 is 36.3 Å². The number of piperidine rings is 1. The molecule has 2 aromatic heterocycles. The molecule has 41 heavy (non-hydrogen) atoms. The molecule has 0 spiro atoms. The first-order valence-corrected chi connectivity index (χ1v) is 17.9. The van der Waals surface area contributed by atoms with Gasteiger partial charge in [0.25, 0.3) is 0 Å². The number of fused-ring (bicyclic) bond motifs is 1. The van der Waals surface area contributed by atoms with E-state index in [1.165, 1.54) is 5.57 Å². The summed E-state index contributed by atoms with van der Waals surface area (Å²) in [6, 6.07) is 12.2. The van der Waals surface area contributed by atoms with Crippen molar-refractivity contribution in [3.8, 4) is 0 Å². The molecule has 1 aromatic carbocycles. The third-order valence-corrected chi connectivity index (χ3v) is 13.7. The van der Waals surface area contributed by atoms with Crippen LogP contribution in [0.4, 0.5) is 5.69 Å². The van der Waals surface area contributed by atoms with Gasteiger partial charge in [-0.3, -0.25) is 9.78 Å². The summed E-state index contributed by atoms with van der Waals surface area (Å²) in [5.41, 5.74) is 5.80. The zero-order valence-corrected chi connectivity index (χ0v) is 26.7. The summed E-state index contributed by atoms with van der Waals surface area (Å²) in [5, 5.41) is 1.22. The molecule has 6 nitrogen and oxygen atoms in total. The van der Waals surface area contributed by atoms with Crippen molar-refractivity contribution in [2.24, 2.45) is 11.8 Å². The molecule has 2 aliphatic rings. The first kappa shape index (κ1) is 29.6. The molecule has 0 amide bonds. The normalized spacial score (nSPS) is 22.1. The number of hydrogen-bond acceptors (Lipinski definition) is 6. The van der Waals surface area contributed by atoms with Crippen LogP contribution in [0, 0.1) is 11.8 Å². The zero-order valence-electron chi connectivity index (χ0n) is 25.7. The summed E-state index contributed by atoms with van der Waals surface area (Å²) in [6.45, 7) is 19.4. The molecule has 3 aromatic rings. The van der Waals surface area contributed by atoms with E-state index in [0.717, 1.165) is 53.8 Å². The van der Waals surface area contributed by atoms with Gasteiger partial charge in [0.05, 0.1) is 24.8 Å². The molecule has 7 heteroatoms. The Morgan fingerprint density at radius 1 is 1.10 bits per heavy atom. The van der Waals surface area contributed by atoms with Gasteiger partial charge >= 0.3 is 0 Å². The van der Waals surface area contributed by atoms with Crippen molar-refractivity contribution in [2.45, 2.75) is 71.7 Å². The predicted octanol–water partition coefficient (Wildman–Crippen LogP) is 7.34. The SMILES string of the molecule is C[C@@H]1CN(c2ccncc2CC(=O)c2ccc3ccc(C4=CCOCC4)cc3n2)C[C@H](C)C1O[Si](C)(C)C(C)(C)C. The Morgan fingerprint density at radius 3 is 2.51 bits per heavy atom. The molecule has 0 radical (unpaired) electrons. The lowest BCUT2D eigenvalue weighted by atomic mass is 9.87. The molecule has 1 fully saturated rings. The highest BCUT2D eigenvalue weighted by molar-refractivity contribution is 6.74. The molecule has 2 aliphatic heterocycles. The van der Waals surface area contributed by atoms with E-state index < -0.39 is 8.32 Å². The van der Waals surface area contributed by atoms with E-state index in [1.54, 1.807) is 0 Å². The lowest BCUT2D eigenvalue weighted by Gasteiger charge is -2.48. The van der Waals surface area contributed by atoms with Gasteiger partial charge in [-0.15, -0.1) is 0 Å². The number of ketones is 1. The van der Waals surface area contributed by atoms with Crippen molar-refractivity contribution in [2.75, 3.05) is 31.2 Å². The van der Waals surface area contributed by atoms with Crippen LogP contribution in [0.5, 0.6) is 0 Å². The maximum Gasteiger partial charge on any atom is 0.192 e. The Labute approximate surface area is 246 Å². The van der Waals surface area contributed by atoms with Crippen LogP contribution in [0.1, 0.15) is 62.7 Å². The van der Waals surface area contributed by atoms with Gasteiger partial charge < -0.3 is 14.1 Å². The standard InChI is InChI=1S/C34H45N3O3Si/c1-23-21-37(22-24(2)33(23)40-41(6,7)34(3,4)5)31-12-15-35-20-28(31)19-32(38)29-11-10-26-8-9-27(18-30(26)36-29)25-13-16-39-17-14-25/h8-13,15,18,20,23-24,33H,14,16-17,19,21-22H2,1-7H3/t23-,24+,33?. The Hall–Kier alpha value is -2.87. The number of aromatic nitrogens is 2. The Morgan fingerprint density at radius 2 is 1.83 bits per heavy atom. The van der Waals surface area contributed by atoms with Crippen LogP contribution in [0.3, 0.4) is 0 Å². The number of pyridine rings is 2. The maximum absolute atomic E-state index is 13.6. The molecule has 218 valence electrons. The smallest absolute Gasteiger partial charge is 0.192 e. The molecule has 3 atom stereocenters. The van der Waals surface area contributed by atoms with Gasteiger partial charge in [0.15, 0.2) is 14.1 Å². The minimum absolute atomic E-state index is 0.00841. The minimum Gasteiger partial charge on any atom is -0.413 e. The third-order valence-electron chi connectivity index (χ3n) is 9.26. The fourth-order valence-electron chi connectivity index (χ4n) is 5.87. The summed E-state index contributed by atoms with van der Waals surface area (Å²) < 4.78 is 12.4. The number of Topliss-reactive ketones (excluding diaryl/α,β-unsaturated/α-hetero) is 1. The van der Waals surface area contributed by atoms with Gasteiger partial charge in [0, 0.05) is 48.5 Å². The fraction of sp³-hybridized carbons (Fsp3) is 0.500. The van der Waals surface area contributed by atoms with Crippen LogP contribution in [0.25, 0.3) is 16.5 Å². The number of rotatable bonds is 7. The van der Waals surface area contributed by atoms with Gasteiger partial charge in [-0.1, -0.05) is 58.9 Å². The van der Waals surface area contributed by atoms with Gasteiger partial charge in [-0.2, -0.15) is 0 Å². The predicted molar refractivity (Wildman–Crippen MR) is 170 cm³/mol. The Balaban J connectivity index is 1.33. The highest BCUT2D eigenvalue weighted by Crippen LogP contribution is 2.41. The van der Waals surface area contributed by atoms with Crippen molar-refractivity contribution in [1.82, 2.24) is 9.97 Å². The summed E-state index contributed by atoms with van der Waals surface area (Å²) >= 11 is 0. The fourth-order valence-corrected chi connectivity index (χ4v) is 7.37. The molecule has 0 bridgehead atoms. The monoisotopic (exact) mass is 571 g/mol. The molecule has 1 unspecified atom stereocenters. The summed E-state index contributed by atoms with van der Waals surface area (Å²) in [4.78, 5) is 25.2. The van der Waals surface area contributed by atoms with E-state index in [2.05, 4.69) is 87.9 Å². The molecule has 4 heterocycles. The highest BCUT2D eigenvalue weighted by Gasteiger charge is 2.43. The average molecular weight is 572 g/mol. The number of carbonyl (C=O) groups is 1. The second kappa shape index (κ2) is 11.8. The number of benzene rings is 1. The molecule has 0 N–H and O–H groups in total. The topological polar surface area (TPSA) is 64.6 Å². The number of nitrogens with zero attached hydrogens (tertiary/aromatic N) is 3. The highest BCUT2D eigenvalue weighted by atomic mass is 28.4. The average Bonchev–Trinajstić information content (AvgIpc) is 2.94. The van der Waals surface area contributed by atoms with E-state index in [-0.39, 0.29) is 23.3 Å². The maximum atomic E-state index is 13.6. The number of carbonyl (C=O) groups excluding carboxylic acids is 1. The second-order valence-corrected chi connectivity index (χ2v) is 18.2. The van der Waals surface area contributed by atoms with Crippen LogP contribution >= 0.6 is 0 Å². The number of anilines is 1. The van der Waals surface area contributed by atoms with Crippen LogP contribution in [-0.2, 0) is 15.6 Å². The van der Waals surface area contributed by atoms with Crippen LogP contribution in [0.15, 0.2) is 54.9 Å². The summed E-state index contributed by atoms with van der Waals surface area (Å²) in [7, 11) is -1.87. The van der Waals surface area contributed by atoms with Crippen molar-refractivity contribution < 1.29 is 14.0 Å². The molecule has 1 saturated heterocycles. The summed E-state index contributed by atoms with van der Waals surface area (Å²) in [6.07, 6.45) is 7.21. The van der Waals surface area contributed by atoms with Crippen LogP contribution in [-0.4, -0.2) is 56.5 Å². The second-order valence-electron chi connectivity index (χ2n) is 13.5. The Kier molecular flexibility index (Phi) is 8.51. The number of ether oxygens (including phenoxy) is 1. The molecule has 5 rings (SSSR count). The molecular weight excluding hydrogens is 526 g/mol. The lowest BCUT2D eigenvalue weighted by Crippen LogP contribution is -2.54. The van der Waals surface area contributed by atoms with E-state index >= 15 is 0 Å². The quantitative estimate of drug-likeness (QED) is 0.218. The van der Waals surface area contributed by atoms with Crippen molar-refractivity contribution in [3.05, 3.63) is 71.7 Å². The van der Waals surface area contributed by atoms with E-state index in [1.807, 2.05) is 24.5 Å². The molecular formula is C34H45N3O3Si. The summed E-state index contributed by atoms with van der Waals surface area (Å²) in [5.74, 6) is 0.771. The third kappa shape index (κ3) is 6.47. The number of hydrogen-bond donors (Lipinski definition) is 0. The van der Waals surface area contributed by atoms with E-state index in [0.29, 0.717) is 24.1 Å². The van der Waals surface area contributed by atoms with Gasteiger partial charge in [-0.25, -0.2) is 4.98 Å². The van der Waals surface area contributed by atoms with Gasteiger partial charge in [-0.05, 0) is 65.7 Å². The first-order valence-electron chi connectivity index (χ1n) is 15.0. The first-order chi connectivity index (χ1) is 19.4. The lowest BCUT2D eigenvalue weighted by molar-refractivity contribution is 0.0627. The Bertz CT molecular complexity index is 1430. The zero-order chi connectivity index (χ0) is 29.4. The minimum atomic E-state index is -1.87.